The molecule has 1 rings (SSSR count). The Hall–Kier alpha value is -0.570. The van der Waals surface area contributed by atoms with Crippen molar-refractivity contribution in [2.75, 3.05) is 6.61 Å². The molecule has 3 heteroatoms. The number of aliphatic carboxylic acids is 1. The van der Waals surface area contributed by atoms with Crippen molar-refractivity contribution in [2.24, 2.45) is 5.92 Å². The van der Waals surface area contributed by atoms with Gasteiger partial charge in [-0.25, -0.2) is 4.79 Å². The number of ether oxygens (including phenoxy) is 1. The Morgan fingerprint density at radius 1 is 1.40 bits per heavy atom. The maximum absolute atomic E-state index is 10.9. The van der Waals surface area contributed by atoms with Crippen LogP contribution in [0.25, 0.3) is 0 Å². The molecule has 1 aliphatic rings. The topological polar surface area (TPSA) is 49.8 Å². The first-order chi connectivity index (χ1) is 7.13. The van der Waals surface area contributed by atoms with Gasteiger partial charge in [0.05, 0.1) is 6.61 Å². The predicted octanol–water partition coefficient (Wildman–Crippen LogP) is 2.84. The SMILES string of the molecule is CCCCCCCC(C)C1(C(=O)O)CO1. The lowest BCUT2D eigenvalue weighted by molar-refractivity contribution is -0.145. The van der Waals surface area contributed by atoms with Crippen molar-refractivity contribution in [1.82, 2.24) is 0 Å². The lowest BCUT2D eigenvalue weighted by atomic mass is 9.89. The predicted molar refractivity (Wildman–Crippen MR) is 58.9 cm³/mol. The van der Waals surface area contributed by atoms with Crippen molar-refractivity contribution >= 4 is 5.97 Å². The van der Waals surface area contributed by atoms with Gasteiger partial charge >= 0.3 is 5.97 Å². The van der Waals surface area contributed by atoms with Gasteiger partial charge < -0.3 is 9.84 Å². The van der Waals surface area contributed by atoms with E-state index in [1.807, 2.05) is 6.92 Å². The molecule has 0 spiro atoms. The molecule has 0 amide bonds. The fourth-order valence-electron chi connectivity index (χ4n) is 1.98. The summed E-state index contributed by atoms with van der Waals surface area (Å²) in [6.45, 7) is 4.58. The average Bonchev–Trinajstić information content (AvgIpc) is 2.97. The number of rotatable bonds is 8. The summed E-state index contributed by atoms with van der Waals surface area (Å²) in [5.74, 6) is -0.639. The second-order valence-corrected chi connectivity index (χ2v) is 4.59. The van der Waals surface area contributed by atoms with Gasteiger partial charge in [-0.2, -0.15) is 0 Å². The summed E-state index contributed by atoms with van der Waals surface area (Å²) in [5.41, 5.74) is -0.829. The Bertz CT molecular complexity index is 209. The second kappa shape index (κ2) is 5.50. The van der Waals surface area contributed by atoms with Gasteiger partial charge in [-0.3, -0.25) is 0 Å². The molecule has 1 saturated heterocycles. The molecule has 3 nitrogen and oxygen atoms in total. The van der Waals surface area contributed by atoms with E-state index in [0.717, 1.165) is 12.8 Å². The van der Waals surface area contributed by atoms with Crippen LogP contribution in [-0.4, -0.2) is 23.3 Å². The molecule has 0 aromatic rings. The molecular weight excluding hydrogens is 192 g/mol. The van der Waals surface area contributed by atoms with Crippen molar-refractivity contribution in [3.05, 3.63) is 0 Å². The zero-order valence-electron chi connectivity index (χ0n) is 9.79. The highest BCUT2D eigenvalue weighted by Crippen LogP contribution is 2.38. The van der Waals surface area contributed by atoms with Crippen molar-refractivity contribution in [3.8, 4) is 0 Å². The Morgan fingerprint density at radius 3 is 2.47 bits per heavy atom. The second-order valence-electron chi connectivity index (χ2n) is 4.59. The first-order valence-corrected chi connectivity index (χ1v) is 6.01. The fourth-order valence-corrected chi connectivity index (χ4v) is 1.98. The summed E-state index contributed by atoms with van der Waals surface area (Å²) in [5, 5.41) is 8.99. The highest BCUT2D eigenvalue weighted by molar-refractivity contribution is 5.80. The Kier molecular flexibility index (Phi) is 4.58. The number of carboxylic acids is 1. The fraction of sp³-hybridized carbons (Fsp3) is 0.917. The standard InChI is InChI=1S/C12H22O3/c1-3-4-5-6-7-8-10(2)12(9-15-12)11(13)14/h10H,3-9H2,1-2H3,(H,13,14). The van der Waals surface area contributed by atoms with Gasteiger partial charge in [0, 0.05) is 0 Å². The van der Waals surface area contributed by atoms with E-state index >= 15 is 0 Å². The number of hydrogen-bond acceptors (Lipinski definition) is 2. The average molecular weight is 214 g/mol. The molecule has 88 valence electrons. The van der Waals surface area contributed by atoms with Gasteiger partial charge in [0.1, 0.15) is 0 Å². The molecule has 2 unspecified atom stereocenters. The molecule has 2 atom stereocenters. The van der Waals surface area contributed by atoms with Crippen molar-refractivity contribution in [1.29, 1.82) is 0 Å². The van der Waals surface area contributed by atoms with Gasteiger partial charge in [0.25, 0.3) is 0 Å². The molecule has 15 heavy (non-hydrogen) atoms. The van der Waals surface area contributed by atoms with Crippen LogP contribution in [0.5, 0.6) is 0 Å². The Morgan fingerprint density at radius 2 is 2.00 bits per heavy atom. The van der Waals surface area contributed by atoms with Crippen LogP contribution in [0.15, 0.2) is 0 Å². The summed E-state index contributed by atoms with van der Waals surface area (Å²) in [6.07, 6.45) is 7.11. The van der Waals surface area contributed by atoms with E-state index in [9.17, 15) is 4.79 Å². The third-order valence-electron chi connectivity index (χ3n) is 3.35. The molecule has 1 N–H and O–H groups in total. The number of epoxide rings is 1. The zero-order chi connectivity index (χ0) is 11.3. The number of hydrogen-bond donors (Lipinski definition) is 1. The molecule has 0 aromatic carbocycles. The van der Waals surface area contributed by atoms with Crippen molar-refractivity contribution in [2.45, 2.75) is 58.0 Å². The van der Waals surface area contributed by atoms with Gasteiger partial charge in [-0.15, -0.1) is 0 Å². The van der Waals surface area contributed by atoms with Gasteiger partial charge in [0.2, 0.25) is 0 Å². The minimum atomic E-state index is -0.829. The third kappa shape index (κ3) is 3.20. The van der Waals surface area contributed by atoms with Crippen LogP contribution in [0.1, 0.15) is 52.4 Å². The minimum Gasteiger partial charge on any atom is -0.479 e. The molecule has 0 aliphatic carbocycles. The largest absolute Gasteiger partial charge is 0.479 e. The minimum absolute atomic E-state index is 0.150. The summed E-state index contributed by atoms with van der Waals surface area (Å²) in [4.78, 5) is 10.9. The molecule has 0 aromatic heterocycles. The van der Waals surface area contributed by atoms with Crippen LogP contribution in [0.4, 0.5) is 0 Å². The van der Waals surface area contributed by atoms with E-state index in [4.69, 9.17) is 9.84 Å². The van der Waals surface area contributed by atoms with Gasteiger partial charge in [-0.1, -0.05) is 46.0 Å². The first kappa shape index (κ1) is 12.5. The highest BCUT2D eigenvalue weighted by Gasteiger charge is 2.56. The van der Waals surface area contributed by atoms with Crippen molar-refractivity contribution in [3.63, 3.8) is 0 Å². The smallest absolute Gasteiger partial charge is 0.338 e. The van der Waals surface area contributed by atoms with Crippen LogP contribution in [0, 0.1) is 5.92 Å². The maximum Gasteiger partial charge on any atom is 0.338 e. The summed E-state index contributed by atoms with van der Waals surface area (Å²) in [6, 6.07) is 0. The molecule has 0 saturated carbocycles. The van der Waals surface area contributed by atoms with Gasteiger partial charge in [0.15, 0.2) is 5.60 Å². The molecule has 1 heterocycles. The summed E-state index contributed by atoms with van der Waals surface area (Å²) >= 11 is 0. The number of carboxylic acid groups (broad SMARTS) is 1. The molecule has 0 bridgehead atoms. The van der Waals surface area contributed by atoms with E-state index in [0.29, 0.717) is 6.61 Å². The monoisotopic (exact) mass is 214 g/mol. The molecule has 0 radical (unpaired) electrons. The van der Waals surface area contributed by atoms with Crippen LogP contribution in [-0.2, 0) is 9.53 Å². The first-order valence-electron chi connectivity index (χ1n) is 6.01. The van der Waals surface area contributed by atoms with Crippen LogP contribution in [0.2, 0.25) is 0 Å². The van der Waals surface area contributed by atoms with Crippen LogP contribution >= 0.6 is 0 Å². The van der Waals surface area contributed by atoms with Crippen molar-refractivity contribution < 1.29 is 14.6 Å². The van der Waals surface area contributed by atoms with E-state index in [1.165, 1.54) is 25.7 Å². The quantitative estimate of drug-likeness (QED) is 0.499. The lowest BCUT2D eigenvalue weighted by Gasteiger charge is -2.15. The molecular formula is C12H22O3. The van der Waals surface area contributed by atoms with E-state index in [-0.39, 0.29) is 5.92 Å². The summed E-state index contributed by atoms with van der Waals surface area (Å²) < 4.78 is 5.10. The van der Waals surface area contributed by atoms with E-state index < -0.39 is 11.6 Å². The molecule has 1 fully saturated rings. The number of unbranched alkanes of at least 4 members (excludes halogenated alkanes) is 4. The van der Waals surface area contributed by atoms with Crippen LogP contribution in [0.3, 0.4) is 0 Å². The lowest BCUT2D eigenvalue weighted by Crippen LogP contribution is -2.31. The normalized spacial score (nSPS) is 26.3. The van der Waals surface area contributed by atoms with E-state index in [2.05, 4.69) is 6.92 Å². The van der Waals surface area contributed by atoms with Crippen LogP contribution < -0.4 is 0 Å². The van der Waals surface area contributed by atoms with Gasteiger partial charge in [-0.05, 0) is 12.3 Å². The van der Waals surface area contributed by atoms with E-state index in [1.54, 1.807) is 0 Å². The zero-order valence-corrected chi connectivity index (χ0v) is 9.79. The Labute approximate surface area is 91.8 Å². The summed E-state index contributed by atoms with van der Waals surface area (Å²) in [7, 11) is 0. The Balaban J connectivity index is 2.14. The maximum atomic E-state index is 10.9. The number of carbonyl (C=O) groups is 1. The molecule has 1 aliphatic heterocycles. The highest BCUT2D eigenvalue weighted by atomic mass is 16.6. The third-order valence-corrected chi connectivity index (χ3v) is 3.35.